The van der Waals surface area contributed by atoms with E-state index in [0.29, 0.717) is 59.5 Å². The standard InChI is InChI=1S/C44H55F2N5O10S/c1-25(2)59-29-16-14-27(15-17-29)33-22-36(32-19-18-30(58-6)20-34(32)47-33)60-31-21-35-38(52)49-44(41(54)50-62(7,56)57)23-28(44)13-11-9-8-10-12-26(3)37(39(53)51(35)24-31)48-42(55)61-43(4,5)40(45)46/h11,13-20,22,25-26,28,31,35,37,40H,8-10,12,21,23-24H2,1-7H3,(H,48,55)(H,49,52)(H,50,54)/b13-11-/t26-,28-,31-,35+,37+,44-/m1/s1. The molecule has 15 nitrogen and oxygen atoms in total. The van der Waals surface area contributed by atoms with Gasteiger partial charge in [0.05, 0.1) is 37.2 Å². The summed E-state index contributed by atoms with van der Waals surface area (Å²) in [7, 11) is -2.48. The van der Waals surface area contributed by atoms with Crippen LogP contribution >= 0.6 is 0 Å². The summed E-state index contributed by atoms with van der Waals surface area (Å²) in [6.07, 6.45) is 1.70. The van der Waals surface area contributed by atoms with Crippen molar-refractivity contribution in [2.75, 3.05) is 19.9 Å². The first-order chi connectivity index (χ1) is 29.2. The van der Waals surface area contributed by atoms with Crippen molar-refractivity contribution in [2.24, 2.45) is 11.8 Å². The van der Waals surface area contributed by atoms with E-state index in [1.807, 2.05) is 48.9 Å². The molecule has 62 heavy (non-hydrogen) atoms. The number of halogens is 2. The minimum absolute atomic E-state index is 0.0276. The summed E-state index contributed by atoms with van der Waals surface area (Å²) >= 11 is 0. The van der Waals surface area contributed by atoms with Gasteiger partial charge < -0.3 is 34.5 Å². The molecule has 0 radical (unpaired) electrons. The lowest BCUT2D eigenvalue weighted by atomic mass is 9.93. The quantitative estimate of drug-likeness (QED) is 0.194. The highest BCUT2D eigenvalue weighted by Crippen LogP contribution is 2.46. The molecule has 2 fully saturated rings. The second-order valence-corrected chi connectivity index (χ2v) is 18.9. The third kappa shape index (κ3) is 10.7. The Bertz CT molecular complexity index is 2310. The molecule has 1 aliphatic carbocycles. The first-order valence-electron chi connectivity index (χ1n) is 20.7. The number of carbonyl (C=O) groups is 4. The summed E-state index contributed by atoms with van der Waals surface area (Å²) in [4.78, 5) is 62.3. The maximum absolute atomic E-state index is 14.8. The average Bonchev–Trinajstić information content (AvgIpc) is 3.73. The predicted molar refractivity (Wildman–Crippen MR) is 226 cm³/mol. The fourth-order valence-electron chi connectivity index (χ4n) is 7.85. The van der Waals surface area contributed by atoms with Crippen molar-refractivity contribution in [3.63, 3.8) is 0 Å². The van der Waals surface area contributed by atoms with Crippen LogP contribution in [0.25, 0.3) is 22.2 Å². The van der Waals surface area contributed by atoms with Gasteiger partial charge in [-0.3, -0.25) is 19.1 Å². The van der Waals surface area contributed by atoms with E-state index in [0.717, 1.165) is 25.7 Å². The number of pyridine rings is 1. The van der Waals surface area contributed by atoms with E-state index >= 15 is 0 Å². The molecule has 3 aromatic rings. The van der Waals surface area contributed by atoms with Crippen LogP contribution in [0.2, 0.25) is 0 Å². The number of methoxy groups -OCH3 is 1. The zero-order valence-corrected chi connectivity index (χ0v) is 36.7. The van der Waals surface area contributed by atoms with Crippen molar-refractivity contribution in [3.8, 4) is 28.5 Å². The van der Waals surface area contributed by atoms with Gasteiger partial charge in [-0.15, -0.1) is 0 Å². The highest BCUT2D eigenvalue weighted by atomic mass is 32.2. The van der Waals surface area contributed by atoms with Gasteiger partial charge in [0.15, 0.2) is 5.60 Å². The van der Waals surface area contributed by atoms with Crippen molar-refractivity contribution in [1.29, 1.82) is 0 Å². The van der Waals surface area contributed by atoms with E-state index in [1.165, 1.54) is 12.0 Å². The lowest BCUT2D eigenvalue weighted by molar-refractivity contribution is -0.142. The Hall–Kier alpha value is -5.52. The first-order valence-corrected chi connectivity index (χ1v) is 22.6. The second kappa shape index (κ2) is 18.4. The molecule has 1 saturated carbocycles. The van der Waals surface area contributed by atoms with E-state index in [2.05, 4.69) is 10.6 Å². The summed E-state index contributed by atoms with van der Waals surface area (Å²) in [5.41, 5.74) is -1.95. The zero-order chi connectivity index (χ0) is 45.1. The molecule has 0 spiro atoms. The van der Waals surface area contributed by atoms with Crippen LogP contribution in [0.4, 0.5) is 13.6 Å². The van der Waals surface area contributed by atoms with Crippen LogP contribution < -0.4 is 29.6 Å². The normalized spacial score (nSPS) is 25.1. The summed E-state index contributed by atoms with van der Waals surface area (Å²) in [5, 5.41) is 5.92. The van der Waals surface area contributed by atoms with Gasteiger partial charge in [-0.25, -0.2) is 27.0 Å². The van der Waals surface area contributed by atoms with E-state index in [9.17, 15) is 36.4 Å². The van der Waals surface area contributed by atoms with Gasteiger partial charge in [-0.05, 0) is 95.7 Å². The number of aromatic nitrogens is 1. The number of nitrogens with one attached hydrogen (secondary N) is 3. The molecule has 0 unspecified atom stereocenters. The van der Waals surface area contributed by atoms with Gasteiger partial charge in [0.1, 0.15) is 41.0 Å². The highest BCUT2D eigenvalue weighted by molar-refractivity contribution is 7.89. The van der Waals surface area contributed by atoms with Crippen LogP contribution in [0.3, 0.4) is 0 Å². The Balaban J connectivity index is 1.38. The number of hydrogen-bond acceptors (Lipinski definition) is 11. The van der Waals surface area contributed by atoms with Gasteiger partial charge in [0.2, 0.25) is 21.8 Å². The fourth-order valence-corrected chi connectivity index (χ4v) is 8.36. The lowest BCUT2D eigenvalue weighted by Crippen LogP contribution is -2.59. The van der Waals surface area contributed by atoms with Gasteiger partial charge in [0.25, 0.3) is 12.3 Å². The number of amides is 4. The number of carbonyl (C=O) groups excluding carboxylic acids is 4. The minimum Gasteiger partial charge on any atom is -0.497 e. The van der Waals surface area contributed by atoms with Crippen molar-refractivity contribution in [1.82, 2.24) is 25.2 Å². The molecule has 3 aliphatic rings. The summed E-state index contributed by atoms with van der Waals surface area (Å²) in [6, 6.07) is 11.8. The van der Waals surface area contributed by atoms with Crippen LogP contribution in [0.5, 0.6) is 17.2 Å². The maximum atomic E-state index is 14.8. The van der Waals surface area contributed by atoms with Crippen LogP contribution in [-0.4, -0.2) is 104 Å². The van der Waals surface area contributed by atoms with Gasteiger partial charge in [-0.2, -0.15) is 0 Å². The maximum Gasteiger partial charge on any atom is 0.408 e. The highest BCUT2D eigenvalue weighted by Gasteiger charge is 2.61. The second-order valence-electron chi connectivity index (χ2n) is 17.1. The number of ether oxygens (including phenoxy) is 4. The fraction of sp³-hybridized carbons (Fsp3) is 0.523. The van der Waals surface area contributed by atoms with Crippen molar-refractivity contribution >= 4 is 44.7 Å². The Morgan fingerprint density at radius 3 is 2.42 bits per heavy atom. The number of nitrogens with zero attached hydrogens (tertiary/aromatic N) is 2. The topological polar surface area (TPSA) is 192 Å². The molecule has 3 heterocycles. The molecule has 2 aromatic carbocycles. The molecule has 3 N–H and O–H groups in total. The number of benzene rings is 2. The number of rotatable bonds is 11. The SMILES string of the molecule is COc1ccc2c(O[C@@H]3C[C@H]4C(=O)N[C@]5(C(=O)NS(C)(=O)=O)C[C@H]5/C=C\CCCC[C@@H](C)[C@H](NC(=O)OC(C)(C)C(F)F)C(=O)N4C3)cc(-c3ccc(OC(C)C)cc3)nc2c1. The largest absolute Gasteiger partial charge is 0.497 e. The molecule has 336 valence electrons. The van der Waals surface area contributed by atoms with Crippen molar-refractivity contribution in [2.45, 2.75) is 115 Å². The lowest BCUT2D eigenvalue weighted by Gasteiger charge is -2.33. The molecule has 1 aromatic heterocycles. The molecule has 4 amide bonds. The molecular formula is C44H55F2N5O10S. The minimum atomic E-state index is -4.01. The van der Waals surface area contributed by atoms with E-state index in [4.69, 9.17) is 23.9 Å². The van der Waals surface area contributed by atoms with Crippen LogP contribution in [0.15, 0.2) is 60.7 Å². The smallest absolute Gasteiger partial charge is 0.408 e. The molecule has 6 rings (SSSR count). The number of hydrogen-bond donors (Lipinski definition) is 3. The number of alkyl halides is 2. The first kappa shape index (κ1) is 46.0. The summed E-state index contributed by atoms with van der Waals surface area (Å²) < 4.78 is 77.0. The molecular weight excluding hydrogens is 829 g/mol. The Kier molecular flexibility index (Phi) is 13.7. The zero-order valence-electron chi connectivity index (χ0n) is 35.9. The Morgan fingerprint density at radius 1 is 1.05 bits per heavy atom. The summed E-state index contributed by atoms with van der Waals surface area (Å²) in [5.74, 6) is -1.81. The average molecular weight is 884 g/mol. The monoisotopic (exact) mass is 883 g/mol. The number of allylic oxidation sites excluding steroid dienone is 1. The predicted octanol–water partition coefficient (Wildman–Crippen LogP) is 5.90. The number of fused-ring (bicyclic) bond motifs is 3. The Labute approximate surface area is 360 Å². The third-order valence-corrected chi connectivity index (χ3v) is 11.9. The van der Waals surface area contributed by atoms with Gasteiger partial charge in [-0.1, -0.05) is 25.5 Å². The van der Waals surface area contributed by atoms with E-state index in [1.54, 1.807) is 37.3 Å². The summed E-state index contributed by atoms with van der Waals surface area (Å²) in [6.45, 7) is 7.54. The van der Waals surface area contributed by atoms with Gasteiger partial charge >= 0.3 is 6.09 Å². The number of alkyl carbamates (subject to hydrolysis) is 1. The molecule has 6 atom stereocenters. The van der Waals surface area contributed by atoms with Crippen molar-refractivity contribution < 1.29 is 55.3 Å². The van der Waals surface area contributed by atoms with Crippen molar-refractivity contribution in [3.05, 3.63) is 60.7 Å². The molecule has 18 heteroatoms. The van der Waals surface area contributed by atoms with Crippen LogP contribution in [-0.2, 0) is 29.1 Å². The number of sulfonamides is 1. The Morgan fingerprint density at radius 2 is 1.76 bits per heavy atom. The van der Waals surface area contributed by atoms with E-state index in [-0.39, 0.29) is 25.5 Å². The van der Waals surface area contributed by atoms with Crippen LogP contribution in [0, 0.1) is 11.8 Å². The molecule has 1 saturated heterocycles. The van der Waals surface area contributed by atoms with Crippen LogP contribution in [0.1, 0.15) is 73.1 Å². The molecule has 0 bridgehead atoms. The third-order valence-electron chi connectivity index (χ3n) is 11.3. The molecule has 2 aliphatic heterocycles. The van der Waals surface area contributed by atoms with E-state index < -0.39 is 81.4 Å². The van der Waals surface area contributed by atoms with Gasteiger partial charge in [0, 0.05) is 35.4 Å².